The number of nitrogens with one attached hydrogen (secondary N) is 1. The number of benzene rings is 3. The summed E-state index contributed by atoms with van der Waals surface area (Å²) in [7, 11) is 0. The van der Waals surface area contributed by atoms with Crippen molar-refractivity contribution in [1.29, 1.82) is 0 Å². The van der Waals surface area contributed by atoms with Gasteiger partial charge in [0.2, 0.25) is 5.91 Å². The average Bonchev–Trinajstić information content (AvgIpc) is 2.76. The second kappa shape index (κ2) is 8.47. The first-order chi connectivity index (χ1) is 14.5. The first kappa shape index (κ1) is 19.8. The lowest BCUT2D eigenvalue weighted by Gasteiger charge is -2.20. The highest BCUT2D eigenvalue weighted by Gasteiger charge is 2.18. The van der Waals surface area contributed by atoms with Gasteiger partial charge in [-0.3, -0.25) is 14.2 Å². The topological polar surface area (TPSA) is 64.0 Å². The highest BCUT2D eigenvalue weighted by molar-refractivity contribution is 6.30. The van der Waals surface area contributed by atoms with Crippen LogP contribution in [0.15, 0.2) is 83.9 Å². The van der Waals surface area contributed by atoms with E-state index in [0.717, 1.165) is 17.2 Å². The first-order valence-electron chi connectivity index (χ1n) is 9.26. The number of carbonyl (C=O) groups is 1. The first-order valence-corrected chi connectivity index (χ1v) is 9.63. The van der Waals surface area contributed by atoms with Crippen molar-refractivity contribution in [3.8, 4) is 0 Å². The van der Waals surface area contributed by atoms with Gasteiger partial charge in [0.05, 0.1) is 23.3 Å². The zero-order valence-electron chi connectivity index (χ0n) is 15.8. The second-order valence-corrected chi connectivity index (χ2v) is 7.24. The SMILES string of the molecule is O=C(Cn1cnc2ccc(F)cc2c1=O)N[C@@H](c1ccccc1)c1ccc(Cl)cc1. The molecule has 0 radical (unpaired) electrons. The van der Waals surface area contributed by atoms with E-state index >= 15 is 0 Å². The number of hydrogen-bond acceptors (Lipinski definition) is 3. The number of halogens is 2. The van der Waals surface area contributed by atoms with E-state index in [1.807, 2.05) is 42.5 Å². The molecule has 0 aliphatic rings. The third-order valence-corrected chi connectivity index (χ3v) is 4.99. The van der Waals surface area contributed by atoms with Gasteiger partial charge < -0.3 is 5.32 Å². The summed E-state index contributed by atoms with van der Waals surface area (Å²) in [6, 6.07) is 20.0. The minimum absolute atomic E-state index is 0.127. The lowest BCUT2D eigenvalue weighted by Crippen LogP contribution is -2.35. The maximum absolute atomic E-state index is 13.5. The molecule has 1 heterocycles. The zero-order valence-corrected chi connectivity index (χ0v) is 16.5. The summed E-state index contributed by atoms with van der Waals surface area (Å²) in [6.07, 6.45) is 1.29. The highest BCUT2D eigenvalue weighted by Crippen LogP contribution is 2.23. The lowest BCUT2D eigenvalue weighted by molar-refractivity contribution is -0.122. The number of aromatic nitrogens is 2. The summed E-state index contributed by atoms with van der Waals surface area (Å²) in [5.41, 5.74) is 1.64. The molecule has 0 aliphatic carbocycles. The molecule has 4 rings (SSSR count). The predicted octanol–water partition coefficient (Wildman–Crippen LogP) is 4.09. The maximum Gasteiger partial charge on any atom is 0.261 e. The molecule has 150 valence electrons. The molecular formula is C23H17ClFN3O2. The fourth-order valence-corrected chi connectivity index (χ4v) is 3.39. The molecule has 0 spiro atoms. The molecule has 0 unspecified atom stereocenters. The van der Waals surface area contributed by atoms with Crippen LogP contribution in [0.5, 0.6) is 0 Å². The van der Waals surface area contributed by atoms with Crippen molar-refractivity contribution in [2.24, 2.45) is 0 Å². The second-order valence-electron chi connectivity index (χ2n) is 6.80. The number of fused-ring (bicyclic) bond motifs is 1. The number of rotatable bonds is 5. The number of carbonyl (C=O) groups excluding carboxylic acids is 1. The van der Waals surface area contributed by atoms with Crippen molar-refractivity contribution in [3.05, 3.63) is 111 Å². The van der Waals surface area contributed by atoms with Gasteiger partial charge in [-0.05, 0) is 41.5 Å². The van der Waals surface area contributed by atoms with Crippen molar-refractivity contribution in [2.45, 2.75) is 12.6 Å². The summed E-state index contributed by atoms with van der Waals surface area (Å²) >= 11 is 5.99. The Morgan fingerprint density at radius 3 is 2.47 bits per heavy atom. The van der Waals surface area contributed by atoms with Crippen molar-refractivity contribution in [2.75, 3.05) is 0 Å². The molecule has 4 aromatic rings. The molecule has 0 saturated carbocycles. The lowest BCUT2D eigenvalue weighted by atomic mass is 9.98. The van der Waals surface area contributed by atoms with Gasteiger partial charge in [-0.1, -0.05) is 54.1 Å². The molecule has 0 bridgehead atoms. The minimum atomic E-state index is -0.532. The van der Waals surface area contributed by atoms with Gasteiger partial charge in [-0.25, -0.2) is 9.37 Å². The van der Waals surface area contributed by atoms with Gasteiger partial charge in [0.1, 0.15) is 12.4 Å². The molecule has 30 heavy (non-hydrogen) atoms. The normalized spacial score (nSPS) is 11.9. The van der Waals surface area contributed by atoms with Crippen LogP contribution in [-0.2, 0) is 11.3 Å². The molecule has 1 N–H and O–H groups in total. The van der Waals surface area contributed by atoms with Crippen LogP contribution in [0.1, 0.15) is 17.2 Å². The van der Waals surface area contributed by atoms with E-state index in [1.54, 1.807) is 12.1 Å². The molecule has 5 nitrogen and oxygen atoms in total. The van der Waals surface area contributed by atoms with Gasteiger partial charge in [-0.15, -0.1) is 0 Å². The van der Waals surface area contributed by atoms with Gasteiger partial charge in [0.25, 0.3) is 5.56 Å². The van der Waals surface area contributed by atoms with Crippen LogP contribution in [0.25, 0.3) is 10.9 Å². The summed E-state index contributed by atoms with van der Waals surface area (Å²) in [5, 5.41) is 3.68. The van der Waals surface area contributed by atoms with E-state index in [4.69, 9.17) is 11.6 Å². The Morgan fingerprint density at radius 2 is 1.73 bits per heavy atom. The average molecular weight is 422 g/mol. The van der Waals surface area contributed by atoms with Crippen LogP contribution in [0.4, 0.5) is 4.39 Å². The van der Waals surface area contributed by atoms with Crippen molar-refractivity contribution < 1.29 is 9.18 Å². The fraction of sp³-hybridized carbons (Fsp3) is 0.0870. The smallest absolute Gasteiger partial charge is 0.261 e. The van der Waals surface area contributed by atoms with E-state index < -0.39 is 17.4 Å². The molecular weight excluding hydrogens is 405 g/mol. The van der Waals surface area contributed by atoms with E-state index in [0.29, 0.717) is 10.5 Å². The molecule has 3 aromatic carbocycles. The quantitative estimate of drug-likeness (QED) is 0.527. The van der Waals surface area contributed by atoms with Crippen LogP contribution < -0.4 is 10.9 Å². The summed E-state index contributed by atoms with van der Waals surface area (Å²) in [6.45, 7) is -0.241. The summed E-state index contributed by atoms with van der Waals surface area (Å²) < 4.78 is 14.7. The Kier molecular flexibility index (Phi) is 5.59. The number of nitrogens with zero attached hydrogens (tertiary/aromatic N) is 2. The largest absolute Gasteiger partial charge is 0.344 e. The van der Waals surface area contributed by atoms with Crippen LogP contribution >= 0.6 is 11.6 Å². The molecule has 0 aliphatic heterocycles. The molecule has 1 atom stereocenters. The monoisotopic (exact) mass is 421 g/mol. The van der Waals surface area contributed by atoms with Crippen LogP contribution in [0.3, 0.4) is 0 Å². The van der Waals surface area contributed by atoms with Gasteiger partial charge in [-0.2, -0.15) is 0 Å². The standard InChI is InChI=1S/C23H17ClFN3O2/c24-17-8-6-16(7-9-17)22(15-4-2-1-3-5-15)27-21(29)13-28-14-26-20-11-10-18(25)12-19(20)23(28)30/h1-12,14,22H,13H2,(H,27,29)/t22-/m0/s1. The van der Waals surface area contributed by atoms with Gasteiger partial charge in [0, 0.05) is 5.02 Å². The molecule has 0 saturated heterocycles. The Morgan fingerprint density at radius 1 is 1.03 bits per heavy atom. The van der Waals surface area contributed by atoms with Crippen LogP contribution in [0.2, 0.25) is 5.02 Å². The Bertz CT molecular complexity index is 1260. The summed E-state index contributed by atoms with van der Waals surface area (Å²) in [4.78, 5) is 29.6. The molecule has 1 aromatic heterocycles. The van der Waals surface area contributed by atoms with Gasteiger partial charge >= 0.3 is 0 Å². The third-order valence-electron chi connectivity index (χ3n) is 4.74. The van der Waals surface area contributed by atoms with Crippen LogP contribution in [0, 0.1) is 5.82 Å². The Hall–Kier alpha value is -3.51. The number of hydrogen-bond donors (Lipinski definition) is 1. The van der Waals surface area contributed by atoms with E-state index in [9.17, 15) is 14.0 Å². The molecule has 1 amide bonds. The van der Waals surface area contributed by atoms with E-state index in [1.165, 1.54) is 23.0 Å². The molecule has 0 fully saturated rings. The highest BCUT2D eigenvalue weighted by atomic mass is 35.5. The van der Waals surface area contributed by atoms with Crippen LogP contribution in [-0.4, -0.2) is 15.5 Å². The van der Waals surface area contributed by atoms with Crippen molar-refractivity contribution >= 4 is 28.4 Å². The van der Waals surface area contributed by atoms with E-state index in [2.05, 4.69) is 10.3 Å². The Labute approximate surface area is 176 Å². The predicted molar refractivity (Wildman–Crippen MR) is 114 cm³/mol. The molecule has 7 heteroatoms. The third kappa shape index (κ3) is 4.23. The maximum atomic E-state index is 13.5. The zero-order chi connectivity index (χ0) is 21.1. The van der Waals surface area contributed by atoms with Gasteiger partial charge in [0.15, 0.2) is 0 Å². The van der Waals surface area contributed by atoms with E-state index in [-0.39, 0.29) is 17.8 Å². The van der Waals surface area contributed by atoms with Crippen molar-refractivity contribution in [3.63, 3.8) is 0 Å². The fourth-order valence-electron chi connectivity index (χ4n) is 3.26. The Balaban J connectivity index is 1.62. The summed E-state index contributed by atoms with van der Waals surface area (Å²) in [5.74, 6) is -0.908. The number of amides is 1. The minimum Gasteiger partial charge on any atom is -0.344 e. The van der Waals surface area contributed by atoms with Crippen molar-refractivity contribution in [1.82, 2.24) is 14.9 Å².